The van der Waals surface area contributed by atoms with Gasteiger partial charge in [-0.05, 0) is 47.4 Å². The third-order valence-corrected chi connectivity index (χ3v) is 9.20. The van der Waals surface area contributed by atoms with E-state index in [0.29, 0.717) is 17.5 Å². The third-order valence-electron chi connectivity index (χ3n) is 9.20. The van der Waals surface area contributed by atoms with Crippen molar-refractivity contribution in [3.8, 4) is 67.7 Å². The Balaban J connectivity index is 1.13. The fraction of sp³-hybridized carbons (Fsp3) is 0.0217. The highest BCUT2D eigenvalue weighted by atomic mass is 15.0. The summed E-state index contributed by atoms with van der Waals surface area (Å²) in [6, 6.07) is 58.4. The van der Waals surface area contributed by atoms with E-state index in [1.54, 1.807) is 0 Å². The summed E-state index contributed by atoms with van der Waals surface area (Å²) < 4.78 is 0. The molecule has 6 aromatic carbocycles. The molecule has 0 N–H and O–H groups in total. The maximum Gasteiger partial charge on any atom is 0.164 e. The molecule has 0 spiro atoms. The third kappa shape index (κ3) is 5.91. The van der Waals surface area contributed by atoms with Crippen LogP contribution < -0.4 is 0 Å². The van der Waals surface area contributed by atoms with Crippen LogP contribution in [0.4, 0.5) is 0 Å². The molecule has 5 nitrogen and oxygen atoms in total. The summed E-state index contributed by atoms with van der Waals surface area (Å²) in [6.07, 6.45) is 0. The number of pyridine rings is 2. The zero-order valence-corrected chi connectivity index (χ0v) is 27.9. The van der Waals surface area contributed by atoms with Gasteiger partial charge in [0.1, 0.15) is 0 Å². The van der Waals surface area contributed by atoms with Crippen molar-refractivity contribution in [2.24, 2.45) is 0 Å². The number of aryl methyl sites for hydroxylation is 1. The molecule has 0 aliphatic rings. The summed E-state index contributed by atoms with van der Waals surface area (Å²) in [5.41, 5.74) is 12.1. The molecule has 240 valence electrons. The van der Waals surface area contributed by atoms with Gasteiger partial charge in [0.25, 0.3) is 0 Å². The summed E-state index contributed by atoms with van der Waals surface area (Å²) in [5, 5.41) is 2.15. The lowest BCUT2D eigenvalue weighted by Crippen LogP contribution is -2.00. The molecule has 51 heavy (non-hydrogen) atoms. The first kappa shape index (κ1) is 30.2. The van der Waals surface area contributed by atoms with Gasteiger partial charge in [-0.1, -0.05) is 152 Å². The Morgan fingerprint density at radius 2 is 0.843 bits per heavy atom. The first-order valence-corrected chi connectivity index (χ1v) is 17.0. The second-order valence-corrected chi connectivity index (χ2v) is 12.6. The standard InChI is InChI=1S/C46H31N5/c1-30-20-21-33-26-27-39-40(29-41(32-12-5-2-6-13-32)48-43(39)42(33)47-30)38-19-11-18-37(28-38)31-22-24-36(25-23-31)46-50-44(34-14-7-3-8-15-34)49-45(51-46)35-16-9-4-10-17-35/h2-29H,1H3. The van der Waals surface area contributed by atoms with E-state index in [4.69, 9.17) is 24.9 Å². The number of rotatable bonds is 6. The lowest BCUT2D eigenvalue weighted by Gasteiger charge is -2.14. The maximum absolute atomic E-state index is 5.19. The van der Waals surface area contributed by atoms with E-state index >= 15 is 0 Å². The minimum atomic E-state index is 0.635. The summed E-state index contributed by atoms with van der Waals surface area (Å²) in [6.45, 7) is 2.03. The van der Waals surface area contributed by atoms with Gasteiger partial charge in [-0.15, -0.1) is 0 Å². The van der Waals surface area contributed by atoms with Crippen molar-refractivity contribution >= 4 is 21.8 Å². The normalized spacial score (nSPS) is 11.2. The minimum Gasteiger partial charge on any atom is -0.251 e. The Kier molecular flexibility index (Phi) is 7.63. The Bertz CT molecular complexity index is 2620. The zero-order chi connectivity index (χ0) is 34.1. The smallest absolute Gasteiger partial charge is 0.164 e. The van der Waals surface area contributed by atoms with Crippen LogP contribution in [0.25, 0.3) is 89.5 Å². The Hall–Kier alpha value is -6.85. The van der Waals surface area contributed by atoms with Crippen LogP contribution in [0.15, 0.2) is 170 Å². The molecular weight excluding hydrogens is 623 g/mol. The van der Waals surface area contributed by atoms with Crippen molar-refractivity contribution in [3.63, 3.8) is 0 Å². The predicted octanol–water partition coefficient (Wildman–Crippen LogP) is 11.3. The van der Waals surface area contributed by atoms with Gasteiger partial charge in [0.15, 0.2) is 17.5 Å². The van der Waals surface area contributed by atoms with Crippen LogP contribution >= 0.6 is 0 Å². The molecular formula is C46H31N5. The first-order valence-electron chi connectivity index (χ1n) is 17.0. The average molecular weight is 654 g/mol. The fourth-order valence-electron chi connectivity index (χ4n) is 6.58. The van der Waals surface area contributed by atoms with Gasteiger partial charge >= 0.3 is 0 Å². The van der Waals surface area contributed by atoms with Crippen LogP contribution in [0.1, 0.15) is 5.69 Å². The summed E-state index contributed by atoms with van der Waals surface area (Å²) in [4.78, 5) is 24.8. The van der Waals surface area contributed by atoms with Crippen molar-refractivity contribution < 1.29 is 0 Å². The molecule has 9 aromatic rings. The zero-order valence-electron chi connectivity index (χ0n) is 27.9. The second-order valence-electron chi connectivity index (χ2n) is 12.6. The van der Waals surface area contributed by atoms with Crippen LogP contribution in [0, 0.1) is 6.92 Å². The summed E-state index contributed by atoms with van der Waals surface area (Å²) in [7, 11) is 0. The first-order chi connectivity index (χ1) is 25.2. The topological polar surface area (TPSA) is 64.5 Å². The molecule has 0 aliphatic carbocycles. The van der Waals surface area contributed by atoms with Crippen LogP contribution in [0.5, 0.6) is 0 Å². The Labute approximate surface area is 296 Å². The van der Waals surface area contributed by atoms with Crippen LogP contribution in [0.2, 0.25) is 0 Å². The van der Waals surface area contributed by atoms with E-state index in [-0.39, 0.29) is 0 Å². The van der Waals surface area contributed by atoms with Gasteiger partial charge in [-0.3, -0.25) is 4.98 Å². The van der Waals surface area contributed by atoms with Crippen LogP contribution in [0.3, 0.4) is 0 Å². The van der Waals surface area contributed by atoms with E-state index in [2.05, 4.69) is 103 Å². The number of fused-ring (bicyclic) bond motifs is 3. The van der Waals surface area contributed by atoms with Gasteiger partial charge in [-0.2, -0.15) is 0 Å². The Morgan fingerprint density at radius 3 is 1.47 bits per heavy atom. The Morgan fingerprint density at radius 1 is 0.333 bits per heavy atom. The molecule has 0 atom stereocenters. The van der Waals surface area contributed by atoms with Crippen LogP contribution in [-0.4, -0.2) is 24.9 Å². The van der Waals surface area contributed by atoms with Crippen LogP contribution in [-0.2, 0) is 0 Å². The number of aromatic nitrogens is 5. The van der Waals surface area contributed by atoms with Crippen molar-refractivity contribution in [2.45, 2.75) is 6.92 Å². The molecule has 3 aromatic heterocycles. The van der Waals surface area contributed by atoms with Gasteiger partial charge in [0.05, 0.1) is 16.7 Å². The number of hydrogen-bond donors (Lipinski definition) is 0. The van der Waals surface area contributed by atoms with Crippen molar-refractivity contribution in [2.75, 3.05) is 0 Å². The van der Waals surface area contributed by atoms with E-state index in [9.17, 15) is 0 Å². The van der Waals surface area contributed by atoms with E-state index in [0.717, 1.165) is 77.7 Å². The predicted molar refractivity (Wildman–Crippen MR) is 208 cm³/mol. The van der Waals surface area contributed by atoms with Crippen molar-refractivity contribution in [3.05, 3.63) is 176 Å². The highest BCUT2D eigenvalue weighted by Crippen LogP contribution is 2.37. The van der Waals surface area contributed by atoms with Gasteiger partial charge in [0, 0.05) is 38.7 Å². The molecule has 0 bridgehead atoms. The molecule has 0 unspecified atom stereocenters. The number of nitrogens with zero attached hydrogens (tertiary/aromatic N) is 5. The monoisotopic (exact) mass is 653 g/mol. The molecule has 9 rings (SSSR count). The molecule has 0 fully saturated rings. The second kappa shape index (κ2) is 12.9. The van der Waals surface area contributed by atoms with Gasteiger partial charge in [-0.25, -0.2) is 19.9 Å². The largest absolute Gasteiger partial charge is 0.251 e. The highest BCUT2D eigenvalue weighted by Gasteiger charge is 2.15. The SMILES string of the molecule is Cc1ccc2ccc3c(-c4cccc(-c5ccc(-c6nc(-c7ccccc7)nc(-c7ccccc7)n6)cc5)c4)cc(-c4ccccc4)nc3c2n1. The molecule has 5 heteroatoms. The van der Waals surface area contributed by atoms with Gasteiger partial charge in [0.2, 0.25) is 0 Å². The molecule has 3 heterocycles. The van der Waals surface area contributed by atoms with Gasteiger partial charge < -0.3 is 0 Å². The molecule has 0 saturated heterocycles. The lowest BCUT2D eigenvalue weighted by molar-refractivity contribution is 1.07. The van der Waals surface area contributed by atoms with Crippen molar-refractivity contribution in [1.29, 1.82) is 0 Å². The quantitative estimate of drug-likeness (QED) is 0.167. The van der Waals surface area contributed by atoms with E-state index in [1.165, 1.54) is 0 Å². The minimum absolute atomic E-state index is 0.635. The molecule has 0 amide bonds. The number of benzene rings is 6. The molecule has 0 saturated carbocycles. The fourth-order valence-corrected chi connectivity index (χ4v) is 6.58. The van der Waals surface area contributed by atoms with E-state index in [1.807, 2.05) is 73.7 Å². The molecule has 0 aliphatic heterocycles. The summed E-state index contributed by atoms with van der Waals surface area (Å²) in [5.74, 6) is 1.93. The molecule has 0 radical (unpaired) electrons. The summed E-state index contributed by atoms with van der Waals surface area (Å²) >= 11 is 0. The lowest BCUT2D eigenvalue weighted by atomic mass is 9.94. The maximum atomic E-state index is 5.19. The number of hydrogen-bond acceptors (Lipinski definition) is 5. The average Bonchev–Trinajstić information content (AvgIpc) is 3.21. The van der Waals surface area contributed by atoms with E-state index < -0.39 is 0 Å². The van der Waals surface area contributed by atoms with Crippen molar-refractivity contribution in [1.82, 2.24) is 24.9 Å². The highest BCUT2D eigenvalue weighted by molar-refractivity contribution is 6.09.